The Morgan fingerprint density at radius 2 is 2.29 bits per heavy atom. The summed E-state index contributed by atoms with van der Waals surface area (Å²) < 4.78 is 5.21. The lowest BCUT2D eigenvalue weighted by Crippen LogP contribution is -2.45. The summed E-state index contributed by atoms with van der Waals surface area (Å²) in [5, 5.41) is 4.03. The van der Waals surface area contributed by atoms with Crippen LogP contribution in [-0.4, -0.2) is 33.7 Å². The van der Waals surface area contributed by atoms with Gasteiger partial charge in [0.25, 0.3) is 0 Å². The minimum atomic E-state index is 0.295. The van der Waals surface area contributed by atoms with Crippen molar-refractivity contribution in [1.82, 2.24) is 15.0 Å². The molecular formula is C12H22N4O. The van der Waals surface area contributed by atoms with Gasteiger partial charge in [-0.1, -0.05) is 19.0 Å². The molecule has 2 unspecified atom stereocenters. The van der Waals surface area contributed by atoms with E-state index in [1.54, 1.807) is 0 Å². The Balaban J connectivity index is 1.95. The summed E-state index contributed by atoms with van der Waals surface area (Å²) >= 11 is 0. The highest BCUT2D eigenvalue weighted by Crippen LogP contribution is 2.18. The van der Waals surface area contributed by atoms with E-state index in [2.05, 4.69) is 35.8 Å². The standard InChI is InChI=1S/C12H22N4O/c1-8(2)12-14-11(15-17-12)7-16-5-4-10(13)6-9(16)3/h8-10H,4-7,13H2,1-3H3. The number of likely N-dealkylation sites (tertiary alicyclic amines) is 1. The third-order valence-electron chi connectivity index (χ3n) is 3.38. The number of rotatable bonds is 3. The van der Waals surface area contributed by atoms with Gasteiger partial charge in [0.1, 0.15) is 0 Å². The van der Waals surface area contributed by atoms with Crippen molar-refractivity contribution < 1.29 is 4.52 Å². The van der Waals surface area contributed by atoms with Gasteiger partial charge in [0.15, 0.2) is 5.82 Å². The summed E-state index contributed by atoms with van der Waals surface area (Å²) in [6.45, 7) is 8.11. The fourth-order valence-electron chi connectivity index (χ4n) is 2.24. The molecule has 0 bridgehead atoms. The largest absolute Gasteiger partial charge is 0.339 e. The van der Waals surface area contributed by atoms with Crippen LogP contribution in [0.5, 0.6) is 0 Å². The fraction of sp³-hybridized carbons (Fsp3) is 0.833. The van der Waals surface area contributed by atoms with E-state index in [0.717, 1.165) is 37.6 Å². The van der Waals surface area contributed by atoms with Crippen molar-refractivity contribution in [2.75, 3.05) is 6.54 Å². The van der Waals surface area contributed by atoms with Crippen LogP contribution in [-0.2, 0) is 6.54 Å². The van der Waals surface area contributed by atoms with Gasteiger partial charge >= 0.3 is 0 Å². The summed E-state index contributed by atoms with van der Waals surface area (Å²) in [6, 6.07) is 0.845. The highest BCUT2D eigenvalue weighted by atomic mass is 16.5. The molecule has 1 aromatic heterocycles. The SMILES string of the molecule is CC(C)c1nc(CN2CCC(N)CC2C)no1. The molecule has 1 aliphatic rings. The van der Waals surface area contributed by atoms with Crippen molar-refractivity contribution in [1.29, 1.82) is 0 Å². The first-order valence-electron chi connectivity index (χ1n) is 6.38. The number of nitrogens with two attached hydrogens (primary N) is 1. The molecule has 0 aliphatic carbocycles. The molecule has 2 heterocycles. The van der Waals surface area contributed by atoms with Crippen molar-refractivity contribution in [2.24, 2.45) is 5.73 Å². The van der Waals surface area contributed by atoms with E-state index in [1.165, 1.54) is 0 Å². The zero-order chi connectivity index (χ0) is 12.4. The molecule has 2 atom stereocenters. The Morgan fingerprint density at radius 3 is 2.88 bits per heavy atom. The smallest absolute Gasteiger partial charge is 0.229 e. The second kappa shape index (κ2) is 5.14. The average Bonchev–Trinajstić information content (AvgIpc) is 2.71. The summed E-state index contributed by atoms with van der Waals surface area (Å²) in [5.41, 5.74) is 5.95. The van der Waals surface area contributed by atoms with E-state index < -0.39 is 0 Å². The molecule has 0 aromatic carbocycles. The van der Waals surface area contributed by atoms with Crippen LogP contribution in [0.3, 0.4) is 0 Å². The summed E-state index contributed by atoms with van der Waals surface area (Å²) in [7, 11) is 0. The van der Waals surface area contributed by atoms with Gasteiger partial charge in [-0.25, -0.2) is 0 Å². The molecule has 1 saturated heterocycles. The molecule has 0 saturated carbocycles. The van der Waals surface area contributed by atoms with E-state index >= 15 is 0 Å². The zero-order valence-corrected chi connectivity index (χ0v) is 10.9. The Kier molecular flexibility index (Phi) is 3.79. The van der Waals surface area contributed by atoms with Crippen LogP contribution in [0.4, 0.5) is 0 Å². The second-order valence-electron chi connectivity index (χ2n) is 5.31. The number of aromatic nitrogens is 2. The topological polar surface area (TPSA) is 68.2 Å². The Morgan fingerprint density at radius 1 is 1.53 bits per heavy atom. The van der Waals surface area contributed by atoms with Gasteiger partial charge in [-0.15, -0.1) is 0 Å². The Labute approximate surface area is 102 Å². The minimum Gasteiger partial charge on any atom is -0.339 e. The van der Waals surface area contributed by atoms with Gasteiger partial charge in [0.05, 0.1) is 6.54 Å². The van der Waals surface area contributed by atoms with E-state index in [4.69, 9.17) is 10.3 Å². The van der Waals surface area contributed by atoms with Crippen LogP contribution >= 0.6 is 0 Å². The van der Waals surface area contributed by atoms with Crippen molar-refractivity contribution in [3.8, 4) is 0 Å². The molecule has 2 rings (SSSR count). The summed E-state index contributed by atoms with van der Waals surface area (Å²) in [5.74, 6) is 1.81. The van der Waals surface area contributed by atoms with Gasteiger partial charge in [-0.2, -0.15) is 4.98 Å². The molecule has 0 radical (unpaired) electrons. The monoisotopic (exact) mass is 238 g/mol. The Bertz CT molecular complexity index is 363. The van der Waals surface area contributed by atoms with Crippen LogP contribution in [0, 0.1) is 0 Å². The van der Waals surface area contributed by atoms with Crippen LogP contribution in [0.1, 0.15) is 51.2 Å². The average molecular weight is 238 g/mol. The first-order valence-corrected chi connectivity index (χ1v) is 6.38. The molecule has 96 valence electrons. The molecule has 2 N–H and O–H groups in total. The molecule has 0 amide bonds. The minimum absolute atomic E-state index is 0.295. The lowest BCUT2D eigenvalue weighted by molar-refractivity contribution is 0.135. The fourth-order valence-corrected chi connectivity index (χ4v) is 2.24. The van der Waals surface area contributed by atoms with Gasteiger partial charge < -0.3 is 10.3 Å². The van der Waals surface area contributed by atoms with E-state index in [9.17, 15) is 0 Å². The molecule has 1 aliphatic heterocycles. The van der Waals surface area contributed by atoms with E-state index in [0.29, 0.717) is 18.0 Å². The van der Waals surface area contributed by atoms with Gasteiger partial charge in [0, 0.05) is 24.5 Å². The molecule has 0 spiro atoms. The van der Waals surface area contributed by atoms with Gasteiger partial charge in [-0.3, -0.25) is 4.90 Å². The molecule has 17 heavy (non-hydrogen) atoms. The molecule has 5 nitrogen and oxygen atoms in total. The quantitative estimate of drug-likeness (QED) is 0.864. The maximum absolute atomic E-state index is 5.95. The molecular weight excluding hydrogens is 216 g/mol. The van der Waals surface area contributed by atoms with E-state index in [-0.39, 0.29) is 0 Å². The van der Waals surface area contributed by atoms with Crippen molar-refractivity contribution in [3.63, 3.8) is 0 Å². The number of nitrogens with zero attached hydrogens (tertiary/aromatic N) is 3. The predicted octanol–water partition coefficient (Wildman–Crippen LogP) is 1.50. The lowest BCUT2D eigenvalue weighted by atomic mass is 9.99. The van der Waals surface area contributed by atoms with Crippen LogP contribution < -0.4 is 5.73 Å². The predicted molar refractivity (Wildman–Crippen MR) is 65.5 cm³/mol. The summed E-state index contributed by atoms with van der Waals surface area (Å²) in [4.78, 5) is 6.78. The van der Waals surface area contributed by atoms with Crippen molar-refractivity contribution in [2.45, 2.75) is 58.2 Å². The molecule has 1 aromatic rings. The van der Waals surface area contributed by atoms with Crippen molar-refractivity contribution >= 4 is 0 Å². The lowest BCUT2D eigenvalue weighted by Gasteiger charge is -2.35. The van der Waals surface area contributed by atoms with E-state index in [1.807, 2.05) is 0 Å². The third-order valence-corrected chi connectivity index (χ3v) is 3.38. The highest BCUT2D eigenvalue weighted by molar-refractivity contribution is 4.92. The van der Waals surface area contributed by atoms with Crippen molar-refractivity contribution in [3.05, 3.63) is 11.7 Å². The summed E-state index contributed by atoms with van der Waals surface area (Å²) in [6.07, 6.45) is 2.11. The number of hydrogen-bond donors (Lipinski definition) is 1. The number of hydrogen-bond acceptors (Lipinski definition) is 5. The second-order valence-corrected chi connectivity index (χ2v) is 5.31. The maximum atomic E-state index is 5.95. The first kappa shape index (κ1) is 12.5. The van der Waals surface area contributed by atoms with Crippen LogP contribution in [0.25, 0.3) is 0 Å². The molecule has 5 heteroatoms. The zero-order valence-electron chi connectivity index (χ0n) is 10.9. The molecule has 1 fully saturated rings. The number of piperidine rings is 1. The van der Waals surface area contributed by atoms with Crippen LogP contribution in [0.15, 0.2) is 4.52 Å². The normalized spacial score (nSPS) is 26.6. The first-order chi connectivity index (χ1) is 8.06. The third kappa shape index (κ3) is 3.04. The van der Waals surface area contributed by atoms with Crippen LogP contribution in [0.2, 0.25) is 0 Å². The van der Waals surface area contributed by atoms with Gasteiger partial charge in [-0.05, 0) is 19.8 Å². The van der Waals surface area contributed by atoms with Gasteiger partial charge in [0.2, 0.25) is 5.89 Å². The maximum Gasteiger partial charge on any atom is 0.229 e. The Hall–Kier alpha value is -0.940. The highest BCUT2D eigenvalue weighted by Gasteiger charge is 2.24.